The number of anilines is 1. The van der Waals surface area contributed by atoms with Crippen LogP contribution in [-0.4, -0.2) is 34.3 Å². The highest BCUT2D eigenvalue weighted by Gasteiger charge is 2.14. The highest BCUT2D eigenvalue weighted by molar-refractivity contribution is 5.95. The van der Waals surface area contributed by atoms with E-state index in [9.17, 15) is 4.79 Å². The quantitative estimate of drug-likeness (QED) is 0.561. The van der Waals surface area contributed by atoms with E-state index in [0.29, 0.717) is 23.9 Å². The topological polar surface area (TPSA) is 89.1 Å². The van der Waals surface area contributed by atoms with Crippen molar-refractivity contribution in [2.45, 2.75) is 33.1 Å². The first-order chi connectivity index (χ1) is 14.1. The second-order valence-corrected chi connectivity index (χ2v) is 6.90. The van der Waals surface area contributed by atoms with Gasteiger partial charge in [-0.05, 0) is 42.8 Å². The van der Waals surface area contributed by atoms with E-state index in [1.807, 2.05) is 50.2 Å². The number of aromatic nitrogens is 3. The predicted molar refractivity (Wildman–Crippen MR) is 112 cm³/mol. The lowest BCUT2D eigenvalue weighted by Crippen LogP contribution is -2.20. The van der Waals surface area contributed by atoms with Crippen LogP contribution in [0.4, 0.5) is 5.69 Å². The standard InChI is InChI=1S/C22H26N4O3/c1-4-13-28-16-9-11-17(12-10-16)29-14-20(27)23-19-8-6-5-7-18(19)22-24-21(15(2)3)25-26-22/h5-12,15H,4,13-14H2,1-3H3,(H,23,27)(H,24,25,26). The zero-order valence-corrected chi connectivity index (χ0v) is 16.9. The SMILES string of the molecule is CCCOc1ccc(OCC(=O)Nc2ccccc2-c2n[nH]c(C(C)C)n2)cc1. The largest absolute Gasteiger partial charge is 0.494 e. The molecule has 3 aromatic rings. The summed E-state index contributed by atoms with van der Waals surface area (Å²) in [6, 6.07) is 14.7. The fourth-order valence-corrected chi connectivity index (χ4v) is 2.63. The predicted octanol–water partition coefficient (Wildman–Crippen LogP) is 4.40. The minimum absolute atomic E-state index is 0.102. The lowest BCUT2D eigenvalue weighted by Gasteiger charge is -2.10. The number of H-pyrrole nitrogens is 1. The summed E-state index contributed by atoms with van der Waals surface area (Å²) in [6.45, 7) is 6.70. The van der Waals surface area contributed by atoms with Crippen LogP contribution in [0.1, 0.15) is 38.9 Å². The maximum atomic E-state index is 12.4. The van der Waals surface area contributed by atoms with Crippen LogP contribution in [0.5, 0.6) is 11.5 Å². The maximum Gasteiger partial charge on any atom is 0.262 e. The van der Waals surface area contributed by atoms with E-state index in [0.717, 1.165) is 23.6 Å². The Morgan fingerprint density at radius 1 is 1.07 bits per heavy atom. The van der Waals surface area contributed by atoms with Crippen molar-refractivity contribution in [1.82, 2.24) is 15.2 Å². The number of hydrogen-bond acceptors (Lipinski definition) is 5. The lowest BCUT2D eigenvalue weighted by atomic mass is 10.1. The van der Waals surface area contributed by atoms with Crippen LogP contribution in [0.3, 0.4) is 0 Å². The van der Waals surface area contributed by atoms with E-state index >= 15 is 0 Å². The molecule has 1 heterocycles. The molecule has 7 heteroatoms. The summed E-state index contributed by atoms with van der Waals surface area (Å²) in [4.78, 5) is 16.9. The molecule has 29 heavy (non-hydrogen) atoms. The lowest BCUT2D eigenvalue weighted by molar-refractivity contribution is -0.118. The van der Waals surface area contributed by atoms with Gasteiger partial charge in [0.15, 0.2) is 12.4 Å². The third-order valence-corrected chi connectivity index (χ3v) is 4.16. The van der Waals surface area contributed by atoms with Gasteiger partial charge in [0.1, 0.15) is 17.3 Å². The Morgan fingerprint density at radius 2 is 1.76 bits per heavy atom. The smallest absolute Gasteiger partial charge is 0.262 e. The van der Waals surface area contributed by atoms with E-state index in [1.54, 1.807) is 12.1 Å². The number of ether oxygens (including phenoxy) is 2. The molecular formula is C22H26N4O3. The number of carbonyl (C=O) groups excluding carboxylic acids is 1. The number of hydrogen-bond donors (Lipinski definition) is 2. The van der Waals surface area contributed by atoms with Crippen LogP contribution < -0.4 is 14.8 Å². The van der Waals surface area contributed by atoms with Crippen LogP contribution in [0.25, 0.3) is 11.4 Å². The average molecular weight is 394 g/mol. The van der Waals surface area contributed by atoms with Crippen LogP contribution in [-0.2, 0) is 4.79 Å². The molecule has 0 aliphatic carbocycles. The fraction of sp³-hybridized carbons (Fsp3) is 0.318. The van der Waals surface area contributed by atoms with Gasteiger partial charge in [-0.15, -0.1) is 0 Å². The van der Waals surface area contributed by atoms with Gasteiger partial charge in [-0.1, -0.05) is 32.9 Å². The first kappa shape index (κ1) is 20.4. The second-order valence-electron chi connectivity index (χ2n) is 6.90. The minimum Gasteiger partial charge on any atom is -0.494 e. The minimum atomic E-state index is -0.261. The number of nitrogens with zero attached hydrogens (tertiary/aromatic N) is 2. The van der Waals surface area contributed by atoms with Crippen LogP contribution in [0.2, 0.25) is 0 Å². The van der Waals surface area contributed by atoms with E-state index in [1.165, 1.54) is 0 Å². The summed E-state index contributed by atoms with van der Waals surface area (Å²) in [5.74, 6) is 2.72. The molecular weight excluding hydrogens is 368 g/mol. The number of para-hydroxylation sites is 1. The zero-order valence-electron chi connectivity index (χ0n) is 16.9. The Kier molecular flexibility index (Phi) is 6.84. The van der Waals surface area contributed by atoms with Crippen LogP contribution >= 0.6 is 0 Å². The van der Waals surface area contributed by atoms with Crippen LogP contribution in [0.15, 0.2) is 48.5 Å². The molecule has 0 bridgehead atoms. The van der Waals surface area contributed by atoms with E-state index in [4.69, 9.17) is 9.47 Å². The molecule has 7 nitrogen and oxygen atoms in total. The van der Waals surface area contributed by atoms with Gasteiger partial charge in [-0.3, -0.25) is 9.89 Å². The summed E-state index contributed by atoms with van der Waals surface area (Å²) in [6.07, 6.45) is 0.951. The van der Waals surface area contributed by atoms with E-state index in [2.05, 4.69) is 27.4 Å². The average Bonchev–Trinajstić information content (AvgIpc) is 3.22. The monoisotopic (exact) mass is 394 g/mol. The molecule has 2 N–H and O–H groups in total. The molecule has 1 aromatic heterocycles. The number of rotatable bonds is 9. The first-order valence-corrected chi connectivity index (χ1v) is 9.74. The third kappa shape index (κ3) is 5.57. The molecule has 0 atom stereocenters. The van der Waals surface area contributed by atoms with Gasteiger partial charge in [-0.25, -0.2) is 4.98 Å². The molecule has 2 aromatic carbocycles. The Morgan fingerprint density at radius 3 is 2.41 bits per heavy atom. The van der Waals surface area contributed by atoms with Gasteiger partial charge in [0.25, 0.3) is 5.91 Å². The molecule has 0 spiro atoms. The second kappa shape index (κ2) is 9.73. The molecule has 0 aliphatic heterocycles. The summed E-state index contributed by atoms with van der Waals surface area (Å²) >= 11 is 0. The number of aromatic amines is 1. The molecule has 0 saturated heterocycles. The maximum absolute atomic E-state index is 12.4. The van der Waals surface area contributed by atoms with Crippen molar-refractivity contribution in [3.63, 3.8) is 0 Å². The number of benzene rings is 2. The highest BCUT2D eigenvalue weighted by Crippen LogP contribution is 2.26. The molecule has 0 fully saturated rings. The normalized spacial score (nSPS) is 10.8. The van der Waals surface area contributed by atoms with Gasteiger partial charge in [0, 0.05) is 11.5 Å². The third-order valence-electron chi connectivity index (χ3n) is 4.16. The van der Waals surface area contributed by atoms with Crippen molar-refractivity contribution >= 4 is 11.6 Å². The number of amides is 1. The molecule has 3 rings (SSSR count). The number of nitrogens with one attached hydrogen (secondary N) is 2. The summed E-state index contributed by atoms with van der Waals surface area (Å²) < 4.78 is 11.1. The van der Waals surface area contributed by atoms with Gasteiger partial charge < -0.3 is 14.8 Å². The van der Waals surface area contributed by atoms with Gasteiger partial charge in [0.2, 0.25) is 0 Å². The Balaban J connectivity index is 1.61. The van der Waals surface area contributed by atoms with Crippen LogP contribution in [0, 0.1) is 0 Å². The summed E-state index contributed by atoms with van der Waals surface area (Å²) in [7, 11) is 0. The molecule has 0 saturated carbocycles. The summed E-state index contributed by atoms with van der Waals surface area (Å²) in [5, 5.41) is 10.1. The van der Waals surface area contributed by atoms with Crippen molar-refractivity contribution in [3.05, 3.63) is 54.4 Å². The zero-order chi connectivity index (χ0) is 20.6. The number of carbonyl (C=O) groups is 1. The highest BCUT2D eigenvalue weighted by atomic mass is 16.5. The van der Waals surface area contributed by atoms with E-state index in [-0.39, 0.29) is 18.4 Å². The van der Waals surface area contributed by atoms with E-state index < -0.39 is 0 Å². The molecule has 1 amide bonds. The molecule has 152 valence electrons. The first-order valence-electron chi connectivity index (χ1n) is 9.74. The van der Waals surface area contributed by atoms with Gasteiger partial charge in [-0.2, -0.15) is 5.10 Å². The van der Waals surface area contributed by atoms with Crippen molar-refractivity contribution in [2.24, 2.45) is 0 Å². The summed E-state index contributed by atoms with van der Waals surface area (Å²) in [5.41, 5.74) is 1.39. The molecule has 0 unspecified atom stereocenters. The van der Waals surface area contributed by atoms with Crippen molar-refractivity contribution in [1.29, 1.82) is 0 Å². The van der Waals surface area contributed by atoms with Gasteiger partial charge >= 0.3 is 0 Å². The van der Waals surface area contributed by atoms with Crippen molar-refractivity contribution in [2.75, 3.05) is 18.5 Å². The Labute approximate surface area is 170 Å². The van der Waals surface area contributed by atoms with Gasteiger partial charge in [0.05, 0.1) is 12.3 Å². The Bertz CT molecular complexity index is 935. The molecule has 0 aliphatic rings. The van der Waals surface area contributed by atoms with Crippen molar-refractivity contribution in [3.8, 4) is 22.9 Å². The molecule has 0 radical (unpaired) electrons. The Hall–Kier alpha value is -3.35. The van der Waals surface area contributed by atoms with Crippen molar-refractivity contribution < 1.29 is 14.3 Å². The fourth-order valence-electron chi connectivity index (χ4n) is 2.63.